The van der Waals surface area contributed by atoms with Crippen molar-refractivity contribution in [2.24, 2.45) is 5.73 Å². The quantitative estimate of drug-likeness (QED) is 0.851. The minimum absolute atomic E-state index is 0.0159. The zero-order valence-electron chi connectivity index (χ0n) is 12.0. The number of hydrogen-bond donors (Lipinski definition) is 1. The van der Waals surface area contributed by atoms with Crippen molar-refractivity contribution >= 4 is 5.91 Å². The molecule has 1 fully saturated rings. The van der Waals surface area contributed by atoms with Crippen molar-refractivity contribution in [3.8, 4) is 0 Å². The number of likely N-dealkylation sites (tertiary alicyclic amines) is 1. The van der Waals surface area contributed by atoms with Crippen molar-refractivity contribution in [3.05, 3.63) is 11.7 Å². The molecule has 7 heteroatoms. The van der Waals surface area contributed by atoms with Crippen molar-refractivity contribution in [3.63, 3.8) is 0 Å². The number of hydrogen-bond acceptors (Lipinski definition) is 6. The lowest BCUT2D eigenvalue weighted by atomic mass is 9.97. The first-order chi connectivity index (χ1) is 9.58. The van der Waals surface area contributed by atoms with E-state index in [1.54, 1.807) is 6.92 Å². The first kappa shape index (κ1) is 14.9. The Kier molecular flexibility index (Phi) is 5.08. The molecule has 1 saturated heterocycles. The maximum atomic E-state index is 12.2. The van der Waals surface area contributed by atoms with Crippen molar-refractivity contribution in [1.82, 2.24) is 15.0 Å². The second-order valence-corrected chi connectivity index (χ2v) is 5.24. The summed E-state index contributed by atoms with van der Waals surface area (Å²) in [5, 5.41) is 3.66. The zero-order chi connectivity index (χ0) is 14.5. The Morgan fingerprint density at radius 1 is 1.60 bits per heavy atom. The van der Waals surface area contributed by atoms with Crippen LogP contribution in [0.25, 0.3) is 0 Å². The molecular formula is C13H22N4O3. The van der Waals surface area contributed by atoms with Gasteiger partial charge in [0.2, 0.25) is 5.91 Å². The fourth-order valence-corrected chi connectivity index (χ4v) is 2.52. The molecule has 0 aromatic carbocycles. The van der Waals surface area contributed by atoms with Gasteiger partial charge in [0, 0.05) is 18.6 Å². The molecule has 1 aromatic heterocycles. The lowest BCUT2D eigenvalue weighted by Gasteiger charge is -2.38. The largest absolute Gasteiger partial charge is 0.362 e. The Bertz CT molecular complexity index is 447. The summed E-state index contributed by atoms with van der Waals surface area (Å²) in [4.78, 5) is 18.0. The molecule has 112 valence electrons. The van der Waals surface area contributed by atoms with Crippen LogP contribution in [0.5, 0.6) is 0 Å². The first-order valence-electron chi connectivity index (χ1n) is 7.00. The van der Waals surface area contributed by atoms with Gasteiger partial charge in [-0.05, 0) is 33.1 Å². The predicted molar refractivity (Wildman–Crippen MR) is 71.7 cm³/mol. The molecule has 1 aliphatic rings. The van der Waals surface area contributed by atoms with Crippen molar-refractivity contribution in [2.75, 3.05) is 13.2 Å². The van der Waals surface area contributed by atoms with Crippen molar-refractivity contribution in [1.29, 1.82) is 0 Å². The number of carbonyl (C=O) groups is 1. The topological polar surface area (TPSA) is 94.5 Å². The van der Waals surface area contributed by atoms with E-state index in [-0.39, 0.29) is 31.2 Å². The van der Waals surface area contributed by atoms with E-state index in [9.17, 15) is 4.79 Å². The molecule has 0 bridgehead atoms. The van der Waals surface area contributed by atoms with Gasteiger partial charge in [0.25, 0.3) is 5.89 Å². The monoisotopic (exact) mass is 282 g/mol. The summed E-state index contributed by atoms with van der Waals surface area (Å²) in [6, 6.07) is 0.100. The molecule has 2 rings (SSSR count). The van der Waals surface area contributed by atoms with Gasteiger partial charge in [-0.1, -0.05) is 5.16 Å². The van der Waals surface area contributed by atoms with Crippen LogP contribution >= 0.6 is 0 Å². The molecule has 1 amide bonds. The van der Waals surface area contributed by atoms with E-state index in [4.69, 9.17) is 15.0 Å². The highest BCUT2D eigenvalue weighted by Gasteiger charge is 2.29. The van der Waals surface area contributed by atoms with Gasteiger partial charge in [0.05, 0.1) is 0 Å². The second kappa shape index (κ2) is 6.81. The molecule has 0 radical (unpaired) electrons. The summed E-state index contributed by atoms with van der Waals surface area (Å²) < 4.78 is 10.3. The van der Waals surface area contributed by atoms with Gasteiger partial charge in [-0.25, -0.2) is 0 Å². The highest BCUT2D eigenvalue weighted by atomic mass is 16.5. The Balaban J connectivity index is 1.81. The lowest BCUT2D eigenvalue weighted by Crippen LogP contribution is -2.52. The van der Waals surface area contributed by atoms with Crippen LogP contribution in [0.2, 0.25) is 0 Å². The summed E-state index contributed by atoms with van der Waals surface area (Å²) in [6.45, 7) is 4.61. The van der Waals surface area contributed by atoms with E-state index < -0.39 is 0 Å². The number of nitrogens with zero attached hydrogens (tertiary/aromatic N) is 3. The fraction of sp³-hybridized carbons (Fsp3) is 0.769. The Labute approximate surface area is 118 Å². The predicted octanol–water partition coefficient (Wildman–Crippen LogP) is 0.623. The maximum Gasteiger partial charge on any atom is 0.252 e. The molecule has 0 saturated carbocycles. The highest BCUT2D eigenvalue weighted by Crippen LogP contribution is 2.19. The number of ether oxygens (including phenoxy) is 1. The second-order valence-electron chi connectivity index (χ2n) is 5.24. The summed E-state index contributed by atoms with van der Waals surface area (Å²) in [6.07, 6.45) is 3.11. The highest BCUT2D eigenvalue weighted by molar-refractivity contribution is 5.78. The number of amides is 1. The smallest absolute Gasteiger partial charge is 0.252 e. The van der Waals surface area contributed by atoms with Crippen LogP contribution in [0.1, 0.15) is 37.9 Å². The van der Waals surface area contributed by atoms with E-state index >= 15 is 0 Å². The van der Waals surface area contributed by atoms with Crippen molar-refractivity contribution < 1.29 is 14.1 Å². The fourth-order valence-electron chi connectivity index (χ4n) is 2.52. The zero-order valence-corrected chi connectivity index (χ0v) is 12.0. The van der Waals surface area contributed by atoms with E-state index in [1.807, 2.05) is 11.8 Å². The van der Waals surface area contributed by atoms with E-state index in [0.29, 0.717) is 11.7 Å². The number of rotatable bonds is 5. The third kappa shape index (κ3) is 3.77. The molecule has 2 atom stereocenters. The summed E-state index contributed by atoms with van der Waals surface area (Å²) in [5.74, 6) is 0.920. The molecule has 2 heterocycles. The van der Waals surface area contributed by atoms with Gasteiger partial charge >= 0.3 is 0 Å². The molecule has 1 aromatic rings. The molecule has 0 spiro atoms. The Hall–Kier alpha value is -1.47. The Morgan fingerprint density at radius 2 is 2.40 bits per heavy atom. The SMILES string of the molecule is Cc1noc(COCC(=O)N2CCCCC2C(C)N)n1. The standard InChI is InChI=1S/C13H22N4O3/c1-9(14)11-5-3-4-6-17(11)13(18)8-19-7-12-15-10(2)16-20-12/h9,11H,3-8,14H2,1-2H3. The lowest BCUT2D eigenvalue weighted by molar-refractivity contribution is -0.141. The third-order valence-electron chi connectivity index (χ3n) is 3.50. The molecule has 20 heavy (non-hydrogen) atoms. The first-order valence-corrected chi connectivity index (χ1v) is 7.00. The van der Waals surface area contributed by atoms with Crippen LogP contribution in [0.3, 0.4) is 0 Å². The van der Waals surface area contributed by atoms with Gasteiger partial charge in [0.15, 0.2) is 5.82 Å². The number of carbonyl (C=O) groups excluding carboxylic acids is 1. The number of piperidine rings is 1. The van der Waals surface area contributed by atoms with Crippen LogP contribution in [0, 0.1) is 6.92 Å². The molecule has 1 aliphatic heterocycles. The third-order valence-corrected chi connectivity index (χ3v) is 3.50. The van der Waals surface area contributed by atoms with Crippen LogP contribution in [-0.2, 0) is 16.1 Å². The number of aryl methyl sites for hydroxylation is 1. The van der Waals surface area contributed by atoms with Gasteiger partial charge in [-0.3, -0.25) is 4.79 Å². The maximum absolute atomic E-state index is 12.2. The van der Waals surface area contributed by atoms with Gasteiger partial charge in [-0.15, -0.1) is 0 Å². The average molecular weight is 282 g/mol. The Morgan fingerprint density at radius 3 is 3.05 bits per heavy atom. The average Bonchev–Trinajstić information content (AvgIpc) is 2.84. The van der Waals surface area contributed by atoms with E-state index in [1.165, 1.54) is 0 Å². The van der Waals surface area contributed by atoms with Gasteiger partial charge in [-0.2, -0.15) is 4.98 Å². The summed E-state index contributed by atoms with van der Waals surface area (Å²) >= 11 is 0. The number of aromatic nitrogens is 2. The molecule has 2 unspecified atom stereocenters. The summed E-state index contributed by atoms with van der Waals surface area (Å²) in [7, 11) is 0. The van der Waals surface area contributed by atoms with E-state index in [2.05, 4.69) is 10.1 Å². The van der Waals surface area contributed by atoms with Crippen LogP contribution in [-0.4, -0.2) is 46.2 Å². The molecule has 2 N–H and O–H groups in total. The van der Waals surface area contributed by atoms with Crippen LogP contribution in [0.4, 0.5) is 0 Å². The van der Waals surface area contributed by atoms with Crippen LogP contribution in [0.15, 0.2) is 4.52 Å². The van der Waals surface area contributed by atoms with Crippen LogP contribution < -0.4 is 5.73 Å². The molecular weight excluding hydrogens is 260 g/mol. The normalized spacial score (nSPS) is 20.9. The minimum atomic E-state index is -0.0248. The van der Waals surface area contributed by atoms with E-state index in [0.717, 1.165) is 25.8 Å². The number of nitrogens with two attached hydrogens (primary N) is 1. The summed E-state index contributed by atoms with van der Waals surface area (Å²) in [5.41, 5.74) is 5.95. The minimum Gasteiger partial charge on any atom is -0.362 e. The van der Waals surface area contributed by atoms with Gasteiger partial charge < -0.3 is 19.9 Å². The van der Waals surface area contributed by atoms with Crippen molar-refractivity contribution in [2.45, 2.75) is 51.8 Å². The molecule has 7 nitrogen and oxygen atoms in total. The van der Waals surface area contributed by atoms with Gasteiger partial charge in [0.1, 0.15) is 13.2 Å². The molecule has 0 aliphatic carbocycles.